The molecule has 0 aliphatic heterocycles. The van der Waals surface area contributed by atoms with Gasteiger partial charge in [0.25, 0.3) is 0 Å². The van der Waals surface area contributed by atoms with Crippen LogP contribution in [0.25, 0.3) is 0 Å². The van der Waals surface area contributed by atoms with Gasteiger partial charge < -0.3 is 9.84 Å². The van der Waals surface area contributed by atoms with Crippen molar-refractivity contribution in [1.82, 2.24) is 0 Å². The first-order valence-corrected chi connectivity index (χ1v) is 6.21. The van der Waals surface area contributed by atoms with Crippen LogP contribution in [-0.2, 0) is 4.74 Å². The Morgan fingerprint density at radius 1 is 1.27 bits per heavy atom. The Morgan fingerprint density at radius 3 is 2.40 bits per heavy atom. The molecule has 0 heterocycles. The van der Waals surface area contributed by atoms with Crippen LogP contribution in [0, 0.1) is 11.3 Å². The van der Waals surface area contributed by atoms with Crippen molar-refractivity contribution in [3.63, 3.8) is 0 Å². The van der Waals surface area contributed by atoms with Crippen molar-refractivity contribution in [1.29, 1.82) is 0 Å². The van der Waals surface area contributed by atoms with Crippen molar-refractivity contribution in [3.8, 4) is 0 Å². The van der Waals surface area contributed by atoms with Crippen LogP contribution in [0.4, 0.5) is 0 Å². The first kappa shape index (κ1) is 13.0. The second-order valence-corrected chi connectivity index (χ2v) is 5.98. The first-order valence-electron chi connectivity index (χ1n) is 6.21. The molecule has 0 aromatic rings. The van der Waals surface area contributed by atoms with E-state index < -0.39 is 0 Å². The van der Waals surface area contributed by atoms with Gasteiger partial charge in [-0.25, -0.2) is 0 Å². The fourth-order valence-corrected chi connectivity index (χ4v) is 2.55. The minimum absolute atomic E-state index is 0.323. The zero-order valence-corrected chi connectivity index (χ0v) is 10.6. The van der Waals surface area contributed by atoms with Gasteiger partial charge in [-0.15, -0.1) is 0 Å². The lowest BCUT2D eigenvalue weighted by atomic mass is 9.71. The van der Waals surface area contributed by atoms with Gasteiger partial charge in [-0.3, -0.25) is 0 Å². The number of rotatable bonds is 3. The second kappa shape index (κ2) is 5.31. The molecular formula is C13H26O2. The highest BCUT2D eigenvalue weighted by Crippen LogP contribution is 2.39. The SMILES string of the molecule is CC(O)CO[C@@H]1CCCC[C@H]1C(C)(C)C. The molecule has 0 aromatic heterocycles. The molecule has 1 saturated carbocycles. The van der Waals surface area contributed by atoms with E-state index in [1.165, 1.54) is 19.3 Å². The van der Waals surface area contributed by atoms with Crippen molar-refractivity contribution in [2.24, 2.45) is 11.3 Å². The van der Waals surface area contributed by atoms with Crippen LogP contribution < -0.4 is 0 Å². The van der Waals surface area contributed by atoms with Gasteiger partial charge in [0, 0.05) is 0 Å². The van der Waals surface area contributed by atoms with Crippen molar-refractivity contribution in [2.45, 2.75) is 65.6 Å². The summed E-state index contributed by atoms with van der Waals surface area (Å²) in [6.45, 7) is 9.15. The van der Waals surface area contributed by atoms with Crippen LogP contribution in [0.3, 0.4) is 0 Å². The van der Waals surface area contributed by atoms with Crippen molar-refractivity contribution in [3.05, 3.63) is 0 Å². The minimum Gasteiger partial charge on any atom is -0.391 e. The molecular weight excluding hydrogens is 188 g/mol. The Bertz CT molecular complexity index is 181. The molecule has 2 nitrogen and oxygen atoms in total. The molecule has 0 saturated heterocycles. The maximum atomic E-state index is 9.25. The molecule has 1 aliphatic carbocycles. The van der Waals surface area contributed by atoms with Crippen LogP contribution in [0.2, 0.25) is 0 Å². The smallest absolute Gasteiger partial charge is 0.0745 e. The van der Waals surface area contributed by atoms with Crippen LogP contribution in [0.1, 0.15) is 53.4 Å². The molecule has 1 unspecified atom stereocenters. The molecule has 0 bridgehead atoms. The monoisotopic (exact) mass is 214 g/mol. The predicted octanol–water partition coefficient (Wildman–Crippen LogP) is 2.99. The molecule has 2 heteroatoms. The van der Waals surface area contributed by atoms with Crippen molar-refractivity contribution >= 4 is 0 Å². The average molecular weight is 214 g/mol. The van der Waals surface area contributed by atoms with Gasteiger partial charge in [0.1, 0.15) is 0 Å². The summed E-state index contributed by atoms with van der Waals surface area (Å²) in [5, 5.41) is 9.25. The van der Waals surface area contributed by atoms with Crippen LogP contribution >= 0.6 is 0 Å². The first-order chi connectivity index (χ1) is 6.91. The molecule has 1 aliphatic rings. The Hall–Kier alpha value is -0.0800. The zero-order valence-electron chi connectivity index (χ0n) is 10.6. The molecule has 1 N–H and O–H groups in total. The lowest BCUT2D eigenvalue weighted by molar-refractivity contribution is -0.0721. The maximum Gasteiger partial charge on any atom is 0.0745 e. The van der Waals surface area contributed by atoms with Gasteiger partial charge >= 0.3 is 0 Å². The van der Waals surface area contributed by atoms with E-state index in [4.69, 9.17) is 4.74 Å². The second-order valence-electron chi connectivity index (χ2n) is 5.98. The lowest BCUT2D eigenvalue weighted by Crippen LogP contribution is -2.37. The van der Waals surface area contributed by atoms with E-state index in [9.17, 15) is 5.11 Å². The fraction of sp³-hybridized carbons (Fsp3) is 1.00. The van der Waals surface area contributed by atoms with E-state index in [1.54, 1.807) is 6.92 Å². The molecule has 15 heavy (non-hydrogen) atoms. The third-order valence-corrected chi connectivity index (χ3v) is 3.37. The highest BCUT2D eigenvalue weighted by atomic mass is 16.5. The van der Waals surface area contributed by atoms with Crippen LogP contribution in [0.15, 0.2) is 0 Å². The molecule has 0 radical (unpaired) electrons. The number of hydrogen-bond donors (Lipinski definition) is 1. The van der Waals surface area contributed by atoms with Gasteiger partial charge in [-0.05, 0) is 31.1 Å². The van der Waals surface area contributed by atoms with Crippen molar-refractivity contribution < 1.29 is 9.84 Å². The highest BCUT2D eigenvalue weighted by Gasteiger charge is 2.34. The van der Waals surface area contributed by atoms with Gasteiger partial charge in [0.2, 0.25) is 0 Å². The quantitative estimate of drug-likeness (QED) is 0.782. The summed E-state index contributed by atoms with van der Waals surface area (Å²) in [6, 6.07) is 0. The van der Waals surface area contributed by atoms with E-state index in [0.717, 1.165) is 6.42 Å². The van der Waals surface area contributed by atoms with Gasteiger partial charge in [-0.2, -0.15) is 0 Å². The molecule has 3 atom stereocenters. The molecule has 90 valence electrons. The fourth-order valence-electron chi connectivity index (χ4n) is 2.55. The van der Waals surface area contributed by atoms with Crippen LogP contribution in [-0.4, -0.2) is 23.9 Å². The Labute approximate surface area is 94.0 Å². The Morgan fingerprint density at radius 2 is 1.87 bits per heavy atom. The molecule has 0 spiro atoms. The normalized spacial score (nSPS) is 30.2. The number of ether oxygens (including phenoxy) is 1. The zero-order chi connectivity index (χ0) is 11.5. The Balaban J connectivity index is 2.50. The predicted molar refractivity (Wildman–Crippen MR) is 62.8 cm³/mol. The van der Waals surface area contributed by atoms with Gasteiger partial charge in [-0.1, -0.05) is 33.6 Å². The summed E-state index contributed by atoms with van der Waals surface area (Å²) in [5.74, 6) is 0.644. The number of hydrogen-bond acceptors (Lipinski definition) is 2. The minimum atomic E-state index is -0.340. The number of aliphatic hydroxyl groups excluding tert-OH is 1. The third-order valence-electron chi connectivity index (χ3n) is 3.37. The molecule has 1 rings (SSSR count). The summed E-state index contributed by atoms with van der Waals surface area (Å²) in [5.41, 5.74) is 0.323. The summed E-state index contributed by atoms with van der Waals surface area (Å²) < 4.78 is 5.83. The standard InChI is InChI=1S/C13H26O2/c1-10(14)9-15-12-8-6-5-7-11(12)13(2,3)4/h10-12,14H,5-9H2,1-4H3/t10?,11-,12-/m1/s1. The summed E-state index contributed by atoms with van der Waals surface area (Å²) >= 11 is 0. The average Bonchev–Trinajstić information content (AvgIpc) is 2.13. The third kappa shape index (κ3) is 4.12. The van der Waals surface area contributed by atoms with E-state index in [1.807, 2.05) is 0 Å². The largest absolute Gasteiger partial charge is 0.391 e. The van der Waals surface area contributed by atoms with Gasteiger partial charge in [0.15, 0.2) is 0 Å². The maximum absolute atomic E-state index is 9.25. The van der Waals surface area contributed by atoms with Gasteiger partial charge in [0.05, 0.1) is 18.8 Å². The summed E-state index contributed by atoms with van der Waals surface area (Å²) in [6.07, 6.45) is 5.05. The highest BCUT2D eigenvalue weighted by molar-refractivity contribution is 4.84. The van der Waals surface area contributed by atoms with E-state index >= 15 is 0 Å². The topological polar surface area (TPSA) is 29.5 Å². The van der Waals surface area contributed by atoms with Crippen molar-refractivity contribution in [2.75, 3.05) is 6.61 Å². The molecule has 0 amide bonds. The Kier molecular flexibility index (Phi) is 4.60. The van der Waals surface area contributed by atoms with E-state index in [-0.39, 0.29) is 6.10 Å². The molecule has 1 fully saturated rings. The van der Waals surface area contributed by atoms with E-state index in [0.29, 0.717) is 24.0 Å². The van der Waals surface area contributed by atoms with Crippen LogP contribution in [0.5, 0.6) is 0 Å². The number of aliphatic hydroxyl groups is 1. The molecule has 0 aromatic carbocycles. The summed E-state index contributed by atoms with van der Waals surface area (Å²) in [7, 11) is 0. The van der Waals surface area contributed by atoms with E-state index in [2.05, 4.69) is 20.8 Å². The summed E-state index contributed by atoms with van der Waals surface area (Å²) in [4.78, 5) is 0. The lowest BCUT2D eigenvalue weighted by Gasteiger charge is -2.40.